The van der Waals surface area contributed by atoms with Gasteiger partial charge in [0.15, 0.2) is 0 Å². The predicted octanol–water partition coefficient (Wildman–Crippen LogP) is 2.84. The van der Waals surface area contributed by atoms with Gasteiger partial charge in [0.25, 0.3) is 0 Å². The number of aryl methyl sites for hydroxylation is 2. The van der Waals surface area contributed by atoms with E-state index in [1.165, 1.54) is 12.3 Å². The number of amides is 1. The lowest BCUT2D eigenvalue weighted by Gasteiger charge is -2.39. The van der Waals surface area contributed by atoms with E-state index >= 15 is 0 Å². The number of aliphatic hydroxyl groups is 1. The molecule has 9 heteroatoms. The molecule has 0 bridgehead atoms. The first-order valence-corrected chi connectivity index (χ1v) is 10.7. The number of nitrogens with zero attached hydrogens (tertiary/aromatic N) is 4. The van der Waals surface area contributed by atoms with Crippen LogP contribution in [0.25, 0.3) is 11.0 Å². The number of β-amino-alcohol motifs (C(OH)–C–C–N with tert-alkyl or cyclic N) is 1. The van der Waals surface area contributed by atoms with Crippen molar-refractivity contribution in [1.82, 2.24) is 19.9 Å². The van der Waals surface area contributed by atoms with Crippen LogP contribution in [0.3, 0.4) is 0 Å². The van der Waals surface area contributed by atoms with E-state index < -0.39 is 11.4 Å². The van der Waals surface area contributed by atoms with Gasteiger partial charge in [-0.1, -0.05) is 11.6 Å². The number of hydrogen-bond donors (Lipinski definition) is 2. The summed E-state index contributed by atoms with van der Waals surface area (Å²) < 4.78 is 15.1. The lowest BCUT2D eigenvalue weighted by Crippen LogP contribution is -2.54. The van der Waals surface area contributed by atoms with E-state index in [9.17, 15) is 14.3 Å². The summed E-state index contributed by atoms with van der Waals surface area (Å²) in [7, 11) is 1.92. The minimum atomic E-state index is -1.06. The zero-order valence-electron chi connectivity index (χ0n) is 17.3. The second kappa shape index (κ2) is 8.80. The van der Waals surface area contributed by atoms with E-state index in [4.69, 9.17) is 11.6 Å². The van der Waals surface area contributed by atoms with Gasteiger partial charge >= 0.3 is 0 Å². The highest BCUT2D eigenvalue weighted by Crippen LogP contribution is 2.25. The third-order valence-corrected chi connectivity index (χ3v) is 5.95. The number of hydrogen-bond acceptors (Lipinski definition) is 5. The number of fused-ring (bicyclic) bond motifs is 1. The monoisotopic (exact) mass is 445 g/mol. The first-order valence-electron chi connectivity index (χ1n) is 10.3. The summed E-state index contributed by atoms with van der Waals surface area (Å²) >= 11 is 6.03. The van der Waals surface area contributed by atoms with Crippen molar-refractivity contribution in [2.24, 2.45) is 7.05 Å². The second-order valence-corrected chi connectivity index (χ2v) is 8.52. The Labute approximate surface area is 184 Å². The highest BCUT2D eigenvalue weighted by molar-refractivity contribution is 6.31. The summed E-state index contributed by atoms with van der Waals surface area (Å²) in [5, 5.41) is 14.4. The van der Waals surface area contributed by atoms with Crippen LogP contribution in [0.15, 0.2) is 36.5 Å². The Bertz CT molecular complexity index is 1090. The summed E-state index contributed by atoms with van der Waals surface area (Å²) in [5.74, 6) is 0.882. The lowest BCUT2D eigenvalue weighted by molar-refractivity contribution is -0.122. The van der Waals surface area contributed by atoms with Crippen molar-refractivity contribution in [3.05, 3.63) is 53.2 Å². The molecule has 1 saturated heterocycles. The molecular formula is C22H25ClFN5O2. The maximum Gasteiger partial charge on any atom is 0.220 e. The van der Waals surface area contributed by atoms with Gasteiger partial charge < -0.3 is 19.9 Å². The molecule has 1 atom stereocenters. The van der Waals surface area contributed by atoms with Crippen molar-refractivity contribution >= 4 is 34.4 Å². The molecule has 0 saturated carbocycles. The van der Waals surface area contributed by atoms with Crippen LogP contribution in [0.1, 0.15) is 25.1 Å². The fourth-order valence-corrected chi connectivity index (χ4v) is 4.20. The first-order chi connectivity index (χ1) is 14.8. The van der Waals surface area contributed by atoms with E-state index in [0.717, 1.165) is 29.8 Å². The standard InChI is InChI=1S/C22H25ClFN5O2/c1-28-18-5-3-15(23)11-17(18)27-20(28)7-8-21(30)26-13-22(31)9-2-10-29(14-22)19-6-4-16(24)12-25-19/h3-6,11-12,31H,2,7-10,13-14H2,1H3,(H,26,30). The SMILES string of the molecule is Cn1c(CCC(=O)NCC2(O)CCCN(c3ccc(F)cn3)C2)nc2cc(Cl)ccc21. The highest BCUT2D eigenvalue weighted by atomic mass is 35.5. The number of carbonyl (C=O) groups is 1. The van der Waals surface area contributed by atoms with Crippen LogP contribution in [0, 0.1) is 5.82 Å². The number of benzene rings is 1. The van der Waals surface area contributed by atoms with Crippen LogP contribution in [0.2, 0.25) is 5.02 Å². The first kappa shape index (κ1) is 21.5. The molecule has 1 aliphatic rings. The Balaban J connectivity index is 1.32. The van der Waals surface area contributed by atoms with Crippen molar-refractivity contribution in [2.75, 3.05) is 24.5 Å². The Morgan fingerprint density at radius 2 is 2.19 bits per heavy atom. The van der Waals surface area contributed by atoms with Gasteiger partial charge in [0, 0.05) is 44.5 Å². The average molecular weight is 446 g/mol. The van der Waals surface area contributed by atoms with E-state index in [1.807, 2.05) is 28.6 Å². The lowest BCUT2D eigenvalue weighted by atomic mass is 9.92. The molecule has 0 radical (unpaired) electrons. The maximum atomic E-state index is 13.1. The topological polar surface area (TPSA) is 83.3 Å². The van der Waals surface area contributed by atoms with Gasteiger partial charge in [-0.15, -0.1) is 0 Å². The molecule has 0 spiro atoms. The Kier molecular flexibility index (Phi) is 6.11. The van der Waals surface area contributed by atoms with Gasteiger partial charge in [-0.3, -0.25) is 4.79 Å². The Hall–Kier alpha value is -2.71. The fourth-order valence-electron chi connectivity index (χ4n) is 4.03. The highest BCUT2D eigenvalue weighted by Gasteiger charge is 2.34. The number of anilines is 1. The quantitative estimate of drug-likeness (QED) is 0.609. The zero-order chi connectivity index (χ0) is 22.0. The fraction of sp³-hybridized carbons (Fsp3) is 0.409. The number of piperidine rings is 1. The van der Waals surface area contributed by atoms with E-state index in [0.29, 0.717) is 30.2 Å². The molecule has 1 aromatic carbocycles. The number of imidazole rings is 1. The van der Waals surface area contributed by atoms with Crippen LogP contribution in [0.4, 0.5) is 10.2 Å². The van der Waals surface area contributed by atoms with Gasteiger partial charge in [0.2, 0.25) is 5.91 Å². The van der Waals surface area contributed by atoms with Crippen molar-refractivity contribution < 1.29 is 14.3 Å². The normalized spacial score (nSPS) is 19.0. The minimum Gasteiger partial charge on any atom is -0.386 e. The number of rotatable bonds is 6. The minimum absolute atomic E-state index is 0.143. The maximum absolute atomic E-state index is 13.1. The van der Waals surface area contributed by atoms with Crippen LogP contribution in [-0.4, -0.2) is 50.8 Å². The predicted molar refractivity (Wildman–Crippen MR) is 118 cm³/mol. The van der Waals surface area contributed by atoms with Crippen LogP contribution in [0.5, 0.6) is 0 Å². The second-order valence-electron chi connectivity index (χ2n) is 8.08. The number of halogens is 2. The number of aromatic nitrogens is 3. The van der Waals surface area contributed by atoms with Gasteiger partial charge in [-0.2, -0.15) is 0 Å². The molecule has 164 valence electrons. The molecule has 2 N–H and O–H groups in total. The molecule has 7 nitrogen and oxygen atoms in total. The molecule has 3 heterocycles. The Morgan fingerprint density at radius 1 is 1.35 bits per heavy atom. The van der Waals surface area contributed by atoms with Crippen LogP contribution in [-0.2, 0) is 18.3 Å². The molecule has 3 aromatic rings. The number of nitrogens with one attached hydrogen (secondary N) is 1. The summed E-state index contributed by atoms with van der Waals surface area (Å²) in [5.41, 5.74) is 0.709. The molecule has 4 rings (SSSR count). The van der Waals surface area contributed by atoms with Gasteiger partial charge in [-0.25, -0.2) is 14.4 Å². The molecule has 2 aromatic heterocycles. The van der Waals surface area contributed by atoms with E-state index in [2.05, 4.69) is 15.3 Å². The smallest absolute Gasteiger partial charge is 0.220 e. The van der Waals surface area contributed by atoms with Crippen molar-refractivity contribution in [3.8, 4) is 0 Å². The molecule has 31 heavy (non-hydrogen) atoms. The molecule has 1 fully saturated rings. The number of pyridine rings is 1. The summed E-state index contributed by atoms with van der Waals surface area (Å²) in [6, 6.07) is 8.49. The average Bonchev–Trinajstić information content (AvgIpc) is 3.06. The summed E-state index contributed by atoms with van der Waals surface area (Å²) in [4.78, 5) is 23.0. The Morgan fingerprint density at radius 3 is 2.97 bits per heavy atom. The van der Waals surface area contributed by atoms with Crippen LogP contribution < -0.4 is 10.2 Å². The third kappa shape index (κ3) is 4.97. The summed E-state index contributed by atoms with van der Waals surface area (Å²) in [6.07, 6.45) is 3.26. The van der Waals surface area contributed by atoms with Gasteiger partial charge in [0.1, 0.15) is 17.5 Å². The van der Waals surface area contributed by atoms with Crippen molar-refractivity contribution in [1.29, 1.82) is 0 Å². The summed E-state index contributed by atoms with van der Waals surface area (Å²) in [6.45, 7) is 1.21. The molecule has 1 amide bonds. The van der Waals surface area contributed by atoms with E-state index in [-0.39, 0.29) is 18.9 Å². The van der Waals surface area contributed by atoms with Crippen LogP contribution >= 0.6 is 11.6 Å². The molecular weight excluding hydrogens is 421 g/mol. The third-order valence-electron chi connectivity index (χ3n) is 5.72. The van der Waals surface area contributed by atoms with Gasteiger partial charge in [0.05, 0.1) is 22.8 Å². The van der Waals surface area contributed by atoms with Crippen molar-refractivity contribution in [3.63, 3.8) is 0 Å². The number of carbonyl (C=O) groups excluding carboxylic acids is 1. The molecule has 0 aliphatic carbocycles. The molecule has 1 aliphatic heterocycles. The molecule has 1 unspecified atom stereocenters. The van der Waals surface area contributed by atoms with Gasteiger partial charge in [-0.05, 0) is 43.2 Å². The van der Waals surface area contributed by atoms with E-state index in [1.54, 1.807) is 12.1 Å². The van der Waals surface area contributed by atoms with Crippen molar-refractivity contribution in [2.45, 2.75) is 31.3 Å². The largest absolute Gasteiger partial charge is 0.386 e. The zero-order valence-corrected chi connectivity index (χ0v) is 18.1.